The summed E-state index contributed by atoms with van der Waals surface area (Å²) in [4.78, 5) is 4.65. The van der Waals surface area contributed by atoms with Gasteiger partial charge in [0.25, 0.3) is 0 Å². The Balaban J connectivity index is 1.73. The van der Waals surface area contributed by atoms with Crippen LogP contribution in [0.3, 0.4) is 0 Å². The van der Waals surface area contributed by atoms with Crippen LogP contribution < -0.4 is 5.32 Å². The van der Waals surface area contributed by atoms with Crippen molar-refractivity contribution in [2.45, 2.75) is 19.8 Å². The van der Waals surface area contributed by atoms with Crippen molar-refractivity contribution < 1.29 is 4.42 Å². The van der Waals surface area contributed by atoms with Gasteiger partial charge in [-0.1, -0.05) is 0 Å². The summed E-state index contributed by atoms with van der Waals surface area (Å²) in [5.74, 6) is 2.58. The van der Waals surface area contributed by atoms with Crippen molar-refractivity contribution >= 4 is 11.3 Å². The quantitative estimate of drug-likeness (QED) is 0.907. The fourth-order valence-electron chi connectivity index (χ4n) is 2.23. The van der Waals surface area contributed by atoms with Crippen LogP contribution in [0.1, 0.15) is 17.2 Å². The van der Waals surface area contributed by atoms with Crippen LogP contribution in [0.5, 0.6) is 0 Å². The topological polar surface area (TPSA) is 38.1 Å². The van der Waals surface area contributed by atoms with Gasteiger partial charge >= 0.3 is 0 Å². The first-order valence-corrected chi connectivity index (χ1v) is 6.91. The SMILES string of the molecule is Cc1ccc(-c2csc(CC3CCNC3)n2)o1. The van der Waals surface area contributed by atoms with E-state index in [9.17, 15) is 0 Å². The van der Waals surface area contributed by atoms with Gasteiger partial charge in [0.1, 0.15) is 11.5 Å². The molecule has 3 nitrogen and oxygen atoms in total. The summed E-state index contributed by atoms with van der Waals surface area (Å²) in [6.45, 7) is 4.25. The first-order valence-electron chi connectivity index (χ1n) is 6.03. The van der Waals surface area contributed by atoms with Gasteiger partial charge in [-0.3, -0.25) is 0 Å². The van der Waals surface area contributed by atoms with E-state index in [4.69, 9.17) is 4.42 Å². The van der Waals surface area contributed by atoms with E-state index in [1.165, 1.54) is 11.4 Å². The highest BCUT2D eigenvalue weighted by Gasteiger charge is 2.17. The Bertz CT molecular complexity index is 497. The molecule has 1 aliphatic heterocycles. The van der Waals surface area contributed by atoms with E-state index in [1.54, 1.807) is 11.3 Å². The number of aryl methyl sites for hydroxylation is 1. The molecule has 0 saturated carbocycles. The lowest BCUT2D eigenvalue weighted by atomic mass is 10.1. The van der Waals surface area contributed by atoms with Crippen molar-refractivity contribution in [2.24, 2.45) is 5.92 Å². The van der Waals surface area contributed by atoms with Crippen LogP contribution in [0.25, 0.3) is 11.5 Å². The Morgan fingerprint density at radius 2 is 2.47 bits per heavy atom. The minimum atomic E-state index is 0.757. The number of nitrogens with one attached hydrogen (secondary N) is 1. The van der Waals surface area contributed by atoms with Crippen molar-refractivity contribution in [1.29, 1.82) is 0 Å². The molecule has 90 valence electrons. The Kier molecular flexibility index (Phi) is 2.99. The lowest BCUT2D eigenvalue weighted by Gasteiger charge is -2.03. The summed E-state index contributed by atoms with van der Waals surface area (Å²) in [5, 5.41) is 6.71. The summed E-state index contributed by atoms with van der Waals surface area (Å²) in [6.07, 6.45) is 2.37. The molecule has 3 heterocycles. The Morgan fingerprint density at radius 1 is 1.53 bits per heavy atom. The number of thiazole rings is 1. The minimum Gasteiger partial charge on any atom is -0.460 e. The van der Waals surface area contributed by atoms with Gasteiger partial charge in [0.2, 0.25) is 0 Å². The van der Waals surface area contributed by atoms with Crippen LogP contribution in [0.2, 0.25) is 0 Å². The van der Waals surface area contributed by atoms with Crippen LogP contribution in [0.15, 0.2) is 21.9 Å². The largest absolute Gasteiger partial charge is 0.460 e. The van der Waals surface area contributed by atoms with Crippen molar-refractivity contribution in [3.8, 4) is 11.5 Å². The average Bonchev–Trinajstić information content (AvgIpc) is 2.99. The predicted molar refractivity (Wildman–Crippen MR) is 69.2 cm³/mol. The second-order valence-corrected chi connectivity index (χ2v) is 5.54. The normalized spacial score (nSPS) is 19.9. The van der Waals surface area contributed by atoms with Gasteiger partial charge in [0, 0.05) is 11.8 Å². The second-order valence-electron chi connectivity index (χ2n) is 4.60. The van der Waals surface area contributed by atoms with Gasteiger partial charge < -0.3 is 9.73 Å². The first kappa shape index (κ1) is 11.0. The van der Waals surface area contributed by atoms with E-state index in [-0.39, 0.29) is 0 Å². The molecule has 1 fully saturated rings. The summed E-state index contributed by atoms with van der Waals surface area (Å²) in [5.41, 5.74) is 0.976. The minimum absolute atomic E-state index is 0.757. The maximum atomic E-state index is 5.58. The van der Waals surface area contributed by atoms with Crippen molar-refractivity contribution in [1.82, 2.24) is 10.3 Å². The highest BCUT2D eigenvalue weighted by Crippen LogP contribution is 2.26. The standard InChI is InChI=1S/C13H16N2OS/c1-9-2-3-12(16-9)11-8-17-13(15-11)6-10-4-5-14-7-10/h2-3,8,10,14H,4-7H2,1H3. The van der Waals surface area contributed by atoms with Crippen molar-refractivity contribution in [3.05, 3.63) is 28.3 Å². The molecule has 2 aromatic heterocycles. The van der Waals surface area contributed by atoms with Gasteiger partial charge in [0.15, 0.2) is 5.76 Å². The Morgan fingerprint density at radius 3 is 3.18 bits per heavy atom. The Hall–Kier alpha value is -1.13. The molecule has 0 aliphatic carbocycles. The molecule has 1 unspecified atom stereocenters. The molecule has 1 atom stereocenters. The second kappa shape index (κ2) is 4.63. The van der Waals surface area contributed by atoms with Crippen LogP contribution in [0, 0.1) is 12.8 Å². The third-order valence-electron chi connectivity index (χ3n) is 3.17. The molecule has 0 spiro atoms. The third kappa shape index (κ3) is 2.42. The third-order valence-corrected chi connectivity index (χ3v) is 4.04. The zero-order valence-electron chi connectivity index (χ0n) is 9.90. The number of nitrogens with zero attached hydrogens (tertiary/aromatic N) is 1. The summed E-state index contributed by atoms with van der Waals surface area (Å²) < 4.78 is 5.58. The molecule has 1 saturated heterocycles. The molecule has 2 aromatic rings. The van der Waals surface area contributed by atoms with Crippen LogP contribution in [0.4, 0.5) is 0 Å². The monoisotopic (exact) mass is 248 g/mol. The Labute approximate surface area is 105 Å². The maximum absolute atomic E-state index is 5.58. The lowest BCUT2D eigenvalue weighted by molar-refractivity contribution is 0.545. The number of furan rings is 1. The predicted octanol–water partition coefficient (Wildman–Crippen LogP) is 2.86. The van der Waals surface area contributed by atoms with E-state index in [0.717, 1.165) is 42.6 Å². The van der Waals surface area contributed by atoms with Gasteiger partial charge in [-0.25, -0.2) is 4.98 Å². The molecule has 1 aliphatic rings. The van der Waals surface area contributed by atoms with Gasteiger partial charge in [-0.15, -0.1) is 11.3 Å². The summed E-state index contributed by atoms with van der Waals surface area (Å²) in [7, 11) is 0. The van der Waals surface area contributed by atoms with E-state index in [1.807, 2.05) is 19.1 Å². The molecule has 17 heavy (non-hydrogen) atoms. The molecule has 0 radical (unpaired) electrons. The molecule has 0 bridgehead atoms. The first-order chi connectivity index (χ1) is 8.31. The molecule has 1 N–H and O–H groups in total. The molecule has 3 rings (SSSR count). The fourth-order valence-corrected chi connectivity index (χ4v) is 3.13. The number of aromatic nitrogens is 1. The van der Waals surface area contributed by atoms with Crippen molar-refractivity contribution in [2.75, 3.05) is 13.1 Å². The highest BCUT2D eigenvalue weighted by molar-refractivity contribution is 7.09. The number of hydrogen-bond acceptors (Lipinski definition) is 4. The van der Waals surface area contributed by atoms with E-state index >= 15 is 0 Å². The van der Waals surface area contributed by atoms with E-state index in [2.05, 4.69) is 15.7 Å². The van der Waals surface area contributed by atoms with E-state index < -0.39 is 0 Å². The maximum Gasteiger partial charge on any atom is 0.153 e. The molecule has 4 heteroatoms. The van der Waals surface area contributed by atoms with Crippen LogP contribution in [-0.4, -0.2) is 18.1 Å². The zero-order valence-corrected chi connectivity index (χ0v) is 10.7. The lowest BCUT2D eigenvalue weighted by Crippen LogP contribution is -2.10. The average molecular weight is 248 g/mol. The van der Waals surface area contributed by atoms with Gasteiger partial charge in [-0.05, 0) is 44.5 Å². The molecule has 0 amide bonds. The van der Waals surface area contributed by atoms with Gasteiger partial charge in [-0.2, -0.15) is 0 Å². The molecular formula is C13H16N2OS. The fraction of sp³-hybridized carbons (Fsp3) is 0.462. The molecule has 0 aromatic carbocycles. The number of hydrogen-bond donors (Lipinski definition) is 1. The van der Waals surface area contributed by atoms with Crippen LogP contribution in [-0.2, 0) is 6.42 Å². The highest BCUT2D eigenvalue weighted by atomic mass is 32.1. The van der Waals surface area contributed by atoms with Crippen LogP contribution >= 0.6 is 11.3 Å². The zero-order chi connectivity index (χ0) is 11.7. The smallest absolute Gasteiger partial charge is 0.153 e. The van der Waals surface area contributed by atoms with Crippen molar-refractivity contribution in [3.63, 3.8) is 0 Å². The summed E-state index contributed by atoms with van der Waals surface area (Å²) >= 11 is 1.74. The van der Waals surface area contributed by atoms with Gasteiger partial charge in [0.05, 0.1) is 5.01 Å². The summed E-state index contributed by atoms with van der Waals surface area (Å²) in [6, 6.07) is 3.97. The number of rotatable bonds is 3. The van der Waals surface area contributed by atoms with E-state index in [0.29, 0.717) is 0 Å². The molecular weight excluding hydrogens is 232 g/mol.